The normalized spacial score (nSPS) is 11.7. The molecule has 0 aromatic carbocycles. The van der Waals surface area contributed by atoms with E-state index in [2.05, 4.69) is 10.6 Å². The molecule has 0 fully saturated rings. The minimum absolute atomic E-state index is 0.268. The number of hydrogen-bond donors (Lipinski definition) is 4. The van der Waals surface area contributed by atoms with Crippen molar-refractivity contribution in [1.82, 2.24) is 10.6 Å². The molecule has 110 valence electrons. The summed E-state index contributed by atoms with van der Waals surface area (Å²) < 4.78 is 0. The first-order chi connectivity index (χ1) is 9.29. The van der Waals surface area contributed by atoms with Crippen molar-refractivity contribution in [2.45, 2.75) is 32.9 Å². The fourth-order valence-corrected chi connectivity index (χ4v) is 2.48. The highest BCUT2D eigenvalue weighted by atomic mass is 32.1. The van der Waals surface area contributed by atoms with Gasteiger partial charge in [-0.1, -0.05) is 0 Å². The molecule has 7 nitrogen and oxygen atoms in total. The topological polar surface area (TPSA) is 116 Å². The molecule has 1 heterocycles. The lowest BCUT2D eigenvalue weighted by Crippen LogP contribution is -2.46. The van der Waals surface area contributed by atoms with Crippen molar-refractivity contribution in [3.8, 4) is 0 Å². The van der Waals surface area contributed by atoms with Gasteiger partial charge in [0.2, 0.25) is 0 Å². The van der Waals surface area contributed by atoms with Crippen LogP contribution in [0.4, 0.5) is 4.79 Å². The number of thiophene rings is 1. The highest BCUT2D eigenvalue weighted by Crippen LogP contribution is 2.20. The van der Waals surface area contributed by atoms with E-state index < -0.39 is 30.4 Å². The Morgan fingerprint density at radius 3 is 2.40 bits per heavy atom. The van der Waals surface area contributed by atoms with E-state index in [4.69, 9.17) is 10.2 Å². The summed E-state index contributed by atoms with van der Waals surface area (Å²) in [6, 6.07) is -0.215. The van der Waals surface area contributed by atoms with Gasteiger partial charge >= 0.3 is 18.0 Å². The minimum atomic E-state index is -1.45. The second-order valence-electron chi connectivity index (χ2n) is 4.27. The van der Waals surface area contributed by atoms with Crippen LogP contribution in [0.1, 0.15) is 21.7 Å². The van der Waals surface area contributed by atoms with Crippen molar-refractivity contribution in [2.24, 2.45) is 0 Å². The summed E-state index contributed by atoms with van der Waals surface area (Å²) in [5.41, 5.74) is 1.13. The number of carbonyl (C=O) groups is 3. The Balaban J connectivity index is 2.49. The maximum atomic E-state index is 11.5. The summed E-state index contributed by atoms with van der Waals surface area (Å²) in [6.45, 7) is 4.20. The van der Waals surface area contributed by atoms with Gasteiger partial charge in [-0.15, -0.1) is 11.3 Å². The molecule has 1 rings (SSSR count). The Kier molecular flexibility index (Phi) is 5.51. The van der Waals surface area contributed by atoms with E-state index in [1.54, 1.807) is 0 Å². The number of rotatable bonds is 6. The smallest absolute Gasteiger partial charge is 0.326 e. The summed E-state index contributed by atoms with van der Waals surface area (Å²) in [5, 5.41) is 22.0. The van der Waals surface area contributed by atoms with Crippen molar-refractivity contribution >= 4 is 29.3 Å². The summed E-state index contributed by atoms with van der Waals surface area (Å²) in [4.78, 5) is 34.9. The highest BCUT2D eigenvalue weighted by Gasteiger charge is 2.22. The molecule has 0 saturated heterocycles. The van der Waals surface area contributed by atoms with Crippen LogP contribution in [0.5, 0.6) is 0 Å². The molecule has 4 N–H and O–H groups in total. The molecular weight excluding hydrogens is 284 g/mol. The maximum Gasteiger partial charge on any atom is 0.326 e. The Bertz CT molecular complexity index is 506. The average molecular weight is 300 g/mol. The van der Waals surface area contributed by atoms with Crippen LogP contribution in [0, 0.1) is 13.8 Å². The Hall–Kier alpha value is -2.09. The number of carbonyl (C=O) groups excluding carboxylic acids is 1. The molecule has 20 heavy (non-hydrogen) atoms. The van der Waals surface area contributed by atoms with Crippen LogP contribution in [-0.4, -0.2) is 34.2 Å². The van der Waals surface area contributed by atoms with Gasteiger partial charge in [-0.2, -0.15) is 0 Å². The Morgan fingerprint density at radius 2 is 1.95 bits per heavy atom. The van der Waals surface area contributed by atoms with Gasteiger partial charge in [0.15, 0.2) is 0 Å². The van der Waals surface area contributed by atoms with Crippen molar-refractivity contribution < 1.29 is 24.6 Å². The molecule has 8 heteroatoms. The molecule has 1 aromatic rings. The fourth-order valence-electron chi connectivity index (χ4n) is 1.49. The molecule has 2 amide bonds. The van der Waals surface area contributed by atoms with Gasteiger partial charge < -0.3 is 20.8 Å². The van der Waals surface area contributed by atoms with Gasteiger partial charge in [0.1, 0.15) is 6.04 Å². The number of hydrogen-bond acceptors (Lipinski definition) is 4. The minimum Gasteiger partial charge on any atom is -0.481 e. The molecular formula is C12H16N2O5S. The quantitative estimate of drug-likeness (QED) is 0.627. The van der Waals surface area contributed by atoms with E-state index in [-0.39, 0.29) is 6.54 Å². The summed E-state index contributed by atoms with van der Waals surface area (Å²) in [6.07, 6.45) is -0.667. The first kappa shape index (κ1) is 16.0. The Labute approximate surface area is 119 Å². The number of urea groups is 1. The van der Waals surface area contributed by atoms with E-state index in [0.29, 0.717) is 0 Å². The molecule has 1 atom stereocenters. The zero-order valence-electron chi connectivity index (χ0n) is 11.1. The lowest BCUT2D eigenvalue weighted by molar-refractivity contribution is -0.145. The predicted octanol–water partition coefficient (Wildman–Crippen LogP) is 1.09. The molecule has 0 unspecified atom stereocenters. The first-order valence-electron chi connectivity index (χ1n) is 5.84. The van der Waals surface area contributed by atoms with E-state index in [1.807, 2.05) is 19.9 Å². The molecule has 0 aliphatic carbocycles. The number of nitrogens with one attached hydrogen (secondary N) is 2. The molecule has 0 spiro atoms. The van der Waals surface area contributed by atoms with Gasteiger partial charge in [0.05, 0.1) is 13.0 Å². The van der Waals surface area contributed by atoms with Crippen LogP contribution in [0.2, 0.25) is 0 Å². The van der Waals surface area contributed by atoms with Crippen LogP contribution in [0.3, 0.4) is 0 Å². The predicted molar refractivity (Wildman–Crippen MR) is 72.8 cm³/mol. The first-order valence-corrected chi connectivity index (χ1v) is 6.66. The van der Waals surface area contributed by atoms with E-state index in [1.165, 1.54) is 11.3 Å². The SMILES string of the molecule is Cc1cc(CNC(=O)N[C@@H](CC(=O)O)C(=O)O)sc1C. The largest absolute Gasteiger partial charge is 0.481 e. The number of amides is 2. The second-order valence-corrected chi connectivity index (χ2v) is 5.61. The van der Waals surface area contributed by atoms with Crippen LogP contribution in [0.25, 0.3) is 0 Å². The zero-order valence-corrected chi connectivity index (χ0v) is 11.9. The molecule has 0 radical (unpaired) electrons. The molecule has 0 saturated carbocycles. The summed E-state index contributed by atoms with van der Waals surface area (Å²) in [5.74, 6) is -2.67. The number of aryl methyl sites for hydroxylation is 2. The van der Waals surface area contributed by atoms with Crippen LogP contribution in [-0.2, 0) is 16.1 Å². The van der Waals surface area contributed by atoms with E-state index >= 15 is 0 Å². The van der Waals surface area contributed by atoms with Crippen molar-refractivity contribution in [3.05, 3.63) is 21.4 Å². The van der Waals surface area contributed by atoms with Crippen LogP contribution < -0.4 is 10.6 Å². The van der Waals surface area contributed by atoms with Crippen LogP contribution in [0.15, 0.2) is 6.07 Å². The van der Waals surface area contributed by atoms with Gasteiger partial charge in [0, 0.05) is 9.75 Å². The molecule has 1 aromatic heterocycles. The zero-order chi connectivity index (χ0) is 15.3. The van der Waals surface area contributed by atoms with Gasteiger partial charge in [-0.05, 0) is 25.5 Å². The number of aliphatic carboxylic acids is 2. The standard InChI is InChI=1S/C12H16N2O5S/c1-6-3-8(20-7(6)2)5-13-12(19)14-9(11(17)18)4-10(15)16/h3,9H,4-5H2,1-2H3,(H,15,16)(H,17,18)(H2,13,14,19)/t9-/m0/s1. The fraction of sp³-hybridized carbons (Fsp3) is 0.417. The third kappa shape index (κ3) is 4.88. The van der Waals surface area contributed by atoms with E-state index in [9.17, 15) is 14.4 Å². The third-order valence-corrected chi connectivity index (χ3v) is 3.77. The monoisotopic (exact) mass is 300 g/mol. The lowest BCUT2D eigenvalue weighted by atomic mass is 10.2. The second kappa shape index (κ2) is 6.90. The molecule has 0 aliphatic heterocycles. The van der Waals surface area contributed by atoms with Gasteiger partial charge in [-0.3, -0.25) is 4.79 Å². The van der Waals surface area contributed by atoms with Gasteiger partial charge in [0.25, 0.3) is 0 Å². The number of carboxylic acid groups (broad SMARTS) is 2. The Morgan fingerprint density at radius 1 is 1.30 bits per heavy atom. The molecule has 0 aliphatic rings. The van der Waals surface area contributed by atoms with Crippen molar-refractivity contribution in [3.63, 3.8) is 0 Å². The lowest BCUT2D eigenvalue weighted by Gasteiger charge is -2.12. The van der Waals surface area contributed by atoms with Crippen LogP contribution >= 0.6 is 11.3 Å². The number of carboxylic acids is 2. The average Bonchev–Trinajstić information content (AvgIpc) is 2.65. The maximum absolute atomic E-state index is 11.5. The van der Waals surface area contributed by atoms with E-state index in [0.717, 1.165) is 15.3 Å². The highest BCUT2D eigenvalue weighted by molar-refractivity contribution is 7.12. The van der Waals surface area contributed by atoms with Gasteiger partial charge in [-0.25, -0.2) is 9.59 Å². The molecule has 0 bridgehead atoms. The summed E-state index contributed by atoms with van der Waals surface area (Å²) >= 11 is 1.54. The summed E-state index contributed by atoms with van der Waals surface area (Å²) in [7, 11) is 0. The van der Waals surface area contributed by atoms with Crippen molar-refractivity contribution in [1.29, 1.82) is 0 Å². The van der Waals surface area contributed by atoms with Crippen molar-refractivity contribution in [2.75, 3.05) is 0 Å². The third-order valence-electron chi connectivity index (χ3n) is 2.62.